The fraction of sp³-hybridized carbons (Fsp3) is 0.267. The van der Waals surface area contributed by atoms with Crippen LogP contribution >= 0.6 is 0 Å². The highest BCUT2D eigenvalue weighted by molar-refractivity contribution is 5.99. The van der Waals surface area contributed by atoms with E-state index in [4.69, 9.17) is 9.15 Å². The van der Waals surface area contributed by atoms with Crippen LogP contribution in [0.25, 0.3) is 11.0 Å². The molecule has 0 fully saturated rings. The fourth-order valence-corrected chi connectivity index (χ4v) is 4.71. The molecule has 5 rings (SSSR count). The lowest BCUT2D eigenvalue weighted by Gasteiger charge is -2.25. The molecule has 2 heterocycles. The molecule has 35 heavy (non-hydrogen) atoms. The zero-order valence-corrected chi connectivity index (χ0v) is 20.3. The van der Waals surface area contributed by atoms with Gasteiger partial charge in [-0.05, 0) is 73.2 Å². The van der Waals surface area contributed by atoms with Crippen LogP contribution in [0.5, 0.6) is 5.75 Å². The van der Waals surface area contributed by atoms with Crippen LogP contribution in [0.3, 0.4) is 0 Å². The first-order valence-electron chi connectivity index (χ1n) is 12.1. The van der Waals surface area contributed by atoms with Crippen LogP contribution in [0.1, 0.15) is 57.8 Å². The van der Waals surface area contributed by atoms with Crippen molar-refractivity contribution in [1.82, 2.24) is 4.90 Å². The first-order valence-corrected chi connectivity index (χ1v) is 12.1. The molecule has 0 aliphatic carbocycles. The van der Waals surface area contributed by atoms with Crippen LogP contribution in [0.15, 0.2) is 75.9 Å². The quantitative estimate of drug-likeness (QED) is 0.335. The smallest absolute Gasteiger partial charge is 0.290 e. The molecule has 0 saturated heterocycles. The summed E-state index contributed by atoms with van der Waals surface area (Å²) in [5.41, 5.74) is 4.77. The van der Waals surface area contributed by atoms with Crippen molar-refractivity contribution in [2.75, 3.05) is 13.2 Å². The third-order valence-corrected chi connectivity index (χ3v) is 6.73. The number of nitrogens with zero attached hydrogens (tertiary/aromatic N) is 1. The first-order chi connectivity index (χ1) is 17.0. The minimum atomic E-state index is -0.510. The van der Waals surface area contributed by atoms with Crippen LogP contribution in [-0.4, -0.2) is 24.0 Å². The van der Waals surface area contributed by atoms with Crippen molar-refractivity contribution in [2.24, 2.45) is 0 Å². The predicted octanol–water partition coefficient (Wildman–Crippen LogP) is 5.99. The van der Waals surface area contributed by atoms with Crippen molar-refractivity contribution in [3.8, 4) is 5.75 Å². The van der Waals surface area contributed by atoms with Crippen LogP contribution in [0, 0.1) is 13.8 Å². The van der Waals surface area contributed by atoms with E-state index in [0.29, 0.717) is 36.1 Å². The molecule has 5 nitrogen and oxygen atoms in total. The summed E-state index contributed by atoms with van der Waals surface area (Å²) in [4.78, 5) is 29.2. The van der Waals surface area contributed by atoms with E-state index in [0.717, 1.165) is 34.4 Å². The molecule has 1 atom stereocenters. The molecule has 0 saturated carbocycles. The SMILES string of the molecule is CCCOc1ccc(C2c3c(oc4cc(C)c(C)cc4c3=O)C(=O)N2CCc2ccccc2)cc1. The first kappa shape index (κ1) is 22.9. The Bertz CT molecular complexity index is 1440. The summed E-state index contributed by atoms with van der Waals surface area (Å²) in [5.74, 6) is 0.673. The van der Waals surface area contributed by atoms with E-state index in [1.807, 2.05) is 80.6 Å². The Labute approximate surface area is 205 Å². The molecular weight excluding hydrogens is 438 g/mol. The molecule has 3 aromatic carbocycles. The molecule has 0 N–H and O–H groups in total. The summed E-state index contributed by atoms with van der Waals surface area (Å²) in [6, 6.07) is 20.9. The Hall–Kier alpha value is -3.86. The van der Waals surface area contributed by atoms with Crippen LogP contribution in [0.2, 0.25) is 0 Å². The third-order valence-electron chi connectivity index (χ3n) is 6.73. The average Bonchev–Trinajstić information content (AvgIpc) is 3.15. The van der Waals surface area contributed by atoms with Crippen LogP contribution < -0.4 is 10.2 Å². The van der Waals surface area contributed by atoms with Crippen LogP contribution in [0.4, 0.5) is 0 Å². The molecule has 178 valence electrons. The highest BCUT2D eigenvalue weighted by atomic mass is 16.5. The standard InChI is InChI=1S/C30H29NO4/c1-4-16-34-23-12-10-22(11-13-23)27-26-28(32)24-17-19(2)20(3)18-25(24)35-29(26)30(33)31(27)15-14-21-8-6-5-7-9-21/h5-13,17-18,27H,4,14-16H2,1-3H3. The molecule has 1 amide bonds. The summed E-state index contributed by atoms with van der Waals surface area (Å²) in [6.07, 6.45) is 1.60. The molecule has 1 aromatic heterocycles. The molecule has 1 unspecified atom stereocenters. The second-order valence-corrected chi connectivity index (χ2v) is 9.16. The van der Waals surface area contributed by atoms with Crippen molar-refractivity contribution in [3.05, 3.63) is 111 Å². The van der Waals surface area contributed by atoms with Gasteiger partial charge in [0.1, 0.15) is 11.3 Å². The summed E-state index contributed by atoms with van der Waals surface area (Å²) in [7, 11) is 0. The highest BCUT2D eigenvalue weighted by Crippen LogP contribution is 2.39. The zero-order valence-electron chi connectivity index (χ0n) is 20.3. The van der Waals surface area contributed by atoms with Gasteiger partial charge in [0.15, 0.2) is 5.43 Å². The predicted molar refractivity (Wildman–Crippen MR) is 137 cm³/mol. The molecule has 0 bridgehead atoms. The fourth-order valence-electron chi connectivity index (χ4n) is 4.71. The number of aryl methyl sites for hydroxylation is 2. The number of carbonyl (C=O) groups is 1. The summed E-state index contributed by atoms with van der Waals surface area (Å²) >= 11 is 0. The summed E-state index contributed by atoms with van der Waals surface area (Å²) < 4.78 is 11.9. The Morgan fingerprint density at radius 3 is 2.37 bits per heavy atom. The van der Waals surface area contributed by atoms with Gasteiger partial charge in [0.2, 0.25) is 5.76 Å². The Kier molecular flexibility index (Phi) is 6.16. The average molecular weight is 468 g/mol. The zero-order chi connectivity index (χ0) is 24.5. The molecule has 4 aromatic rings. The third kappa shape index (κ3) is 4.23. The van der Waals surface area contributed by atoms with E-state index >= 15 is 0 Å². The van der Waals surface area contributed by atoms with Gasteiger partial charge in [0, 0.05) is 6.54 Å². The molecule has 5 heteroatoms. The van der Waals surface area contributed by atoms with Gasteiger partial charge in [-0.1, -0.05) is 49.4 Å². The number of hydrogen-bond acceptors (Lipinski definition) is 4. The number of hydrogen-bond donors (Lipinski definition) is 0. The van der Waals surface area contributed by atoms with E-state index < -0.39 is 6.04 Å². The minimum absolute atomic E-state index is 0.142. The Balaban J connectivity index is 1.61. The maximum absolute atomic E-state index is 13.8. The van der Waals surface area contributed by atoms with E-state index in [1.54, 1.807) is 4.90 Å². The summed E-state index contributed by atoms with van der Waals surface area (Å²) in [6.45, 7) is 7.13. The topological polar surface area (TPSA) is 59.8 Å². The van der Waals surface area contributed by atoms with Crippen molar-refractivity contribution in [2.45, 2.75) is 39.7 Å². The van der Waals surface area contributed by atoms with E-state index in [1.165, 1.54) is 0 Å². The van der Waals surface area contributed by atoms with Gasteiger partial charge >= 0.3 is 0 Å². The number of rotatable bonds is 7. The lowest BCUT2D eigenvalue weighted by Crippen LogP contribution is -2.31. The van der Waals surface area contributed by atoms with E-state index in [-0.39, 0.29) is 17.1 Å². The molecular formula is C30H29NO4. The number of benzene rings is 3. The molecule has 1 aliphatic heterocycles. The van der Waals surface area contributed by atoms with Gasteiger partial charge in [0.05, 0.1) is 23.6 Å². The maximum atomic E-state index is 13.8. The maximum Gasteiger partial charge on any atom is 0.290 e. The van der Waals surface area contributed by atoms with E-state index in [9.17, 15) is 9.59 Å². The van der Waals surface area contributed by atoms with Crippen molar-refractivity contribution < 1.29 is 13.9 Å². The normalized spacial score (nSPS) is 15.0. The molecule has 0 radical (unpaired) electrons. The highest BCUT2D eigenvalue weighted by Gasteiger charge is 2.42. The second kappa shape index (κ2) is 9.41. The largest absolute Gasteiger partial charge is 0.494 e. The van der Waals surface area contributed by atoms with Gasteiger partial charge in [-0.25, -0.2) is 0 Å². The van der Waals surface area contributed by atoms with Crippen molar-refractivity contribution >= 4 is 16.9 Å². The number of amides is 1. The van der Waals surface area contributed by atoms with Crippen molar-refractivity contribution in [3.63, 3.8) is 0 Å². The lowest BCUT2D eigenvalue weighted by atomic mass is 9.97. The minimum Gasteiger partial charge on any atom is -0.494 e. The summed E-state index contributed by atoms with van der Waals surface area (Å²) in [5, 5.41) is 0.512. The van der Waals surface area contributed by atoms with Crippen LogP contribution in [-0.2, 0) is 6.42 Å². The lowest BCUT2D eigenvalue weighted by molar-refractivity contribution is 0.0730. The Morgan fingerprint density at radius 1 is 0.943 bits per heavy atom. The van der Waals surface area contributed by atoms with Gasteiger partial charge in [-0.15, -0.1) is 0 Å². The molecule has 1 aliphatic rings. The van der Waals surface area contributed by atoms with Gasteiger partial charge in [-0.3, -0.25) is 9.59 Å². The number of fused-ring (bicyclic) bond motifs is 2. The van der Waals surface area contributed by atoms with Gasteiger partial charge in [-0.2, -0.15) is 0 Å². The Morgan fingerprint density at radius 2 is 1.66 bits per heavy atom. The van der Waals surface area contributed by atoms with Gasteiger partial charge in [0.25, 0.3) is 5.91 Å². The van der Waals surface area contributed by atoms with Crippen molar-refractivity contribution in [1.29, 1.82) is 0 Å². The van der Waals surface area contributed by atoms with Gasteiger partial charge < -0.3 is 14.1 Å². The monoisotopic (exact) mass is 467 g/mol. The van der Waals surface area contributed by atoms with E-state index in [2.05, 4.69) is 6.92 Å². The number of carbonyl (C=O) groups excluding carboxylic acids is 1. The second-order valence-electron chi connectivity index (χ2n) is 9.16. The molecule has 0 spiro atoms. The number of ether oxygens (including phenoxy) is 1.